The highest BCUT2D eigenvalue weighted by Gasteiger charge is 2.23. The summed E-state index contributed by atoms with van der Waals surface area (Å²) in [5.74, 6) is 0.0286. The molecule has 0 N–H and O–H groups in total. The van der Waals surface area contributed by atoms with E-state index in [1.165, 1.54) is 0 Å². The maximum Gasteiger partial charge on any atom is 0.255 e. The Hall–Kier alpha value is -3.40. The maximum atomic E-state index is 13.3. The minimum atomic E-state index is 0.0286. The predicted molar refractivity (Wildman–Crippen MR) is 117 cm³/mol. The average molecular weight is 403 g/mol. The van der Waals surface area contributed by atoms with E-state index in [9.17, 15) is 4.79 Å². The first kappa shape index (κ1) is 19.9. The Morgan fingerprint density at radius 2 is 1.90 bits per heavy atom. The Morgan fingerprint density at radius 1 is 1.13 bits per heavy atom. The predicted octanol–water partition coefficient (Wildman–Crippen LogP) is 3.54. The zero-order valence-corrected chi connectivity index (χ0v) is 17.7. The number of aromatic nitrogens is 3. The van der Waals surface area contributed by atoms with Gasteiger partial charge in [-0.25, -0.2) is 9.67 Å². The average Bonchev–Trinajstić information content (AvgIpc) is 3.00. The Morgan fingerprint density at radius 3 is 2.60 bits per heavy atom. The lowest BCUT2D eigenvalue weighted by atomic mass is 10.1. The number of aryl methyl sites for hydroxylation is 1. The standard InChI is InChI=1S/C23H26N6O/c1-16(2)29-22-19(15-25-29)13-21(17(3)26-22)23(30)28-10-4-9-27(11-12-28)20-7-5-18(14-24)6-8-20/h5-8,13,15-16H,4,9-12H2,1-3H3. The third-order valence-corrected chi connectivity index (χ3v) is 5.62. The summed E-state index contributed by atoms with van der Waals surface area (Å²) in [4.78, 5) is 22.2. The van der Waals surface area contributed by atoms with Crippen LogP contribution >= 0.6 is 0 Å². The molecule has 1 aliphatic rings. The number of amides is 1. The summed E-state index contributed by atoms with van der Waals surface area (Å²) in [5.41, 5.74) is 3.95. The van der Waals surface area contributed by atoms with Gasteiger partial charge in [0.25, 0.3) is 5.91 Å². The van der Waals surface area contributed by atoms with Gasteiger partial charge < -0.3 is 9.80 Å². The molecule has 4 rings (SSSR count). The molecule has 2 aromatic heterocycles. The van der Waals surface area contributed by atoms with Crippen LogP contribution in [-0.4, -0.2) is 51.8 Å². The van der Waals surface area contributed by atoms with Gasteiger partial charge in [-0.15, -0.1) is 0 Å². The molecule has 3 heterocycles. The fourth-order valence-corrected chi connectivity index (χ4v) is 3.96. The van der Waals surface area contributed by atoms with Crippen molar-refractivity contribution in [1.82, 2.24) is 19.7 Å². The fraction of sp³-hybridized carbons (Fsp3) is 0.391. The van der Waals surface area contributed by atoms with Crippen molar-refractivity contribution in [1.29, 1.82) is 5.26 Å². The van der Waals surface area contributed by atoms with Gasteiger partial charge in [-0.05, 0) is 57.5 Å². The van der Waals surface area contributed by atoms with E-state index < -0.39 is 0 Å². The van der Waals surface area contributed by atoms with E-state index in [0.717, 1.165) is 41.9 Å². The molecule has 154 valence electrons. The van der Waals surface area contributed by atoms with Crippen molar-refractivity contribution in [3.05, 3.63) is 53.3 Å². The van der Waals surface area contributed by atoms with Crippen LogP contribution in [-0.2, 0) is 0 Å². The second-order valence-corrected chi connectivity index (χ2v) is 8.01. The van der Waals surface area contributed by atoms with Gasteiger partial charge in [-0.3, -0.25) is 4.79 Å². The molecule has 7 nitrogen and oxygen atoms in total. The smallest absolute Gasteiger partial charge is 0.255 e. The van der Waals surface area contributed by atoms with Gasteiger partial charge in [0.1, 0.15) is 0 Å². The third kappa shape index (κ3) is 3.73. The topological polar surface area (TPSA) is 78.1 Å². The van der Waals surface area contributed by atoms with Crippen LogP contribution < -0.4 is 4.90 Å². The number of rotatable bonds is 3. The molecule has 0 aliphatic carbocycles. The number of carbonyl (C=O) groups is 1. The van der Waals surface area contributed by atoms with Gasteiger partial charge in [0.05, 0.1) is 29.1 Å². The van der Waals surface area contributed by atoms with E-state index in [1.54, 1.807) is 6.20 Å². The normalized spacial score (nSPS) is 14.8. The number of pyridine rings is 1. The Kier molecular flexibility index (Phi) is 5.40. The lowest BCUT2D eigenvalue weighted by molar-refractivity contribution is 0.0766. The van der Waals surface area contributed by atoms with Gasteiger partial charge in [0, 0.05) is 43.3 Å². The zero-order chi connectivity index (χ0) is 21.3. The number of benzene rings is 1. The van der Waals surface area contributed by atoms with E-state index in [0.29, 0.717) is 24.2 Å². The molecule has 1 fully saturated rings. The van der Waals surface area contributed by atoms with Crippen LogP contribution in [0.3, 0.4) is 0 Å². The lowest BCUT2D eigenvalue weighted by Gasteiger charge is -2.24. The number of fused-ring (bicyclic) bond motifs is 1. The molecule has 3 aromatic rings. The van der Waals surface area contributed by atoms with Crippen LogP contribution in [0.2, 0.25) is 0 Å². The molecular formula is C23H26N6O. The quantitative estimate of drug-likeness (QED) is 0.670. The Balaban J connectivity index is 1.52. The summed E-state index contributed by atoms with van der Waals surface area (Å²) >= 11 is 0. The van der Waals surface area contributed by atoms with Gasteiger partial charge in [0.15, 0.2) is 5.65 Å². The molecule has 1 aromatic carbocycles. The first-order valence-corrected chi connectivity index (χ1v) is 10.4. The van der Waals surface area contributed by atoms with Crippen LogP contribution in [0.5, 0.6) is 0 Å². The summed E-state index contributed by atoms with van der Waals surface area (Å²) in [5, 5.41) is 14.3. The minimum absolute atomic E-state index is 0.0286. The van der Waals surface area contributed by atoms with Gasteiger partial charge >= 0.3 is 0 Å². The van der Waals surface area contributed by atoms with E-state index in [-0.39, 0.29) is 11.9 Å². The molecule has 0 unspecified atom stereocenters. The van der Waals surface area contributed by atoms with Crippen LogP contribution in [0, 0.1) is 18.3 Å². The summed E-state index contributed by atoms with van der Waals surface area (Å²) in [7, 11) is 0. The molecule has 1 aliphatic heterocycles. The summed E-state index contributed by atoms with van der Waals surface area (Å²) in [6.45, 7) is 9.05. The number of nitrogens with zero attached hydrogens (tertiary/aromatic N) is 6. The van der Waals surface area contributed by atoms with Crippen LogP contribution in [0.15, 0.2) is 36.5 Å². The number of carbonyl (C=O) groups excluding carboxylic acids is 1. The molecule has 0 radical (unpaired) electrons. The van der Waals surface area contributed by atoms with Crippen molar-refractivity contribution in [3.8, 4) is 6.07 Å². The maximum absolute atomic E-state index is 13.3. The zero-order valence-electron chi connectivity index (χ0n) is 17.7. The molecule has 0 bridgehead atoms. The Bertz CT molecular complexity index is 1110. The molecule has 0 atom stereocenters. The first-order chi connectivity index (χ1) is 14.5. The fourth-order valence-electron chi connectivity index (χ4n) is 3.96. The van der Waals surface area contributed by atoms with Gasteiger partial charge in [-0.1, -0.05) is 0 Å². The van der Waals surface area contributed by atoms with Crippen molar-refractivity contribution in [2.45, 2.75) is 33.2 Å². The number of nitriles is 1. The highest BCUT2D eigenvalue weighted by atomic mass is 16.2. The molecule has 0 spiro atoms. The van der Waals surface area contributed by atoms with E-state index in [2.05, 4.69) is 29.9 Å². The second-order valence-electron chi connectivity index (χ2n) is 8.01. The van der Waals surface area contributed by atoms with Crippen LogP contribution in [0.1, 0.15) is 47.9 Å². The van der Waals surface area contributed by atoms with Gasteiger partial charge in [-0.2, -0.15) is 10.4 Å². The summed E-state index contributed by atoms with van der Waals surface area (Å²) < 4.78 is 1.89. The van der Waals surface area contributed by atoms with E-state index in [4.69, 9.17) is 10.2 Å². The molecule has 1 saturated heterocycles. The molecule has 7 heteroatoms. The van der Waals surface area contributed by atoms with Crippen molar-refractivity contribution in [2.75, 3.05) is 31.1 Å². The highest BCUT2D eigenvalue weighted by molar-refractivity contribution is 5.98. The monoisotopic (exact) mass is 402 g/mol. The molecule has 1 amide bonds. The highest BCUT2D eigenvalue weighted by Crippen LogP contribution is 2.22. The third-order valence-electron chi connectivity index (χ3n) is 5.62. The minimum Gasteiger partial charge on any atom is -0.370 e. The number of hydrogen-bond donors (Lipinski definition) is 0. The van der Waals surface area contributed by atoms with Crippen molar-refractivity contribution < 1.29 is 4.79 Å². The van der Waals surface area contributed by atoms with E-state index >= 15 is 0 Å². The molecule has 30 heavy (non-hydrogen) atoms. The number of anilines is 1. The Labute approximate surface area is 176 Å². The molecule has 0 saturated carbocycles. The first-order valence-electron chi connectivity index (χ1n) is 10.4. The second kappa shape index (κ2) is 8.15. The van der Waals surface area contributed by atoms with Crippen molar-refractivity contribution in [3.63, 3.8) is 0 Å². The van der Waals surface area contributed by atoms with Crippen LogP contribution in [0.4, 0.5) is 5.69 Å². The SMILES string of the molecule is Cc1nc2c(cnn2C(C)C)cc1C(=O)N1CCCN(c2ccc(C#N)cc2)CC1. The van der Waals surface area contributed by atoms with E-state index in [1.807, 2.05) is 46.8 Å². The largest absolute Gasteiger partial charge is 0.370 e. The van der Waals surface area contributed by atoms with Crippen molar-refractivity contribution >= 4 is 22.6 Å². The summed E-state index contributed by atoms with van der Waals surface area (Å²) in [6.07, 6.45) is 2.68. The van der Waals surface area contributed by atoms with Gasteiger partial charge in [0.2, 0.25) is 0 Å². The number of hydrogen-bond acceptors (Lipinski definition) is 5. The lowest BCUT2D eigenvalue weighted by Crippen LogP contribution is -2.35. The summed E-state index contributed by atoms with van der Waals surface area (Å²) in [6, 6.07) is 11.9. The van der Waals surface area contributed by atoms with Crippen LogP contribution in [0.25, 0.3) is 11.0 Å². The molecular weight excluding hydrogens is 376 g/mol. The van der Waals surface area contributed by atoms with Crippen molar-refractivity contribution in [2.24, 2.45) is 0 Å².